The zero-order valence-electron chi connectivity index (χ0n) is 9.21. The van der Waals surface area contributed by atoms with E-state index in [4.69, 9.17) is 11.6 Å². The molecule has 0 aliphatic carbocycles. The monoisotopic (exact) mass is 248 g/mol. The number of aldehydes is 1. The molecule has 0 heterocycles. The Bertz CT molecular complexity index is 578. The average Bonchev–Trinajstić information content (AvgIpc) is 2.33. The maximum Gasteiger partial charge on any atom is 0.150 e. The van der Waals surface area contributed by atoms with Gasteiger partial charge in [-0.05, 0) is 41.8 Å². The van der Waals surface area contributed by atoms with E-state index in [9.17, 15) is 9.18 Å². The van der Waals surface area contributed by atoms with Crippen molar-refractivity contribution in [1.82, 2.24) is 0 Å². The zero-order valence-corrected chi connectivity index (χ0v) is 9.96. The van der Waals surface area contributed by atoms with Gasteiger partial charge in [-0.25, -0.2) is 4.39 Å². The van der Waals surface area contributed by atoms with Gasteiger partial charge >= 0.3 is 0 Å². The topological polar surface area (TPSA) is 17.1 Å². The second kappa shape index (κ2) is 4.68. The molecule has 0 saturated heterocycles. The first-order valence-electron chi connectivity index (χ1n) is 5.13. The van der Waals surface area contributed by atoms with Crippen molar-refractivity contribution >= 4 is 17.9 Å². The average molecular weight is 249 g/mol. The van der Waals surface area contributed by atoms with Gasteiger partial charge in [-0.1, -0.05) is 29.8 Å². The fourth-order valence-corrected chi connectivity index (χ4v) is 1.81. The number of carbonyl (C=O) groups excluding carboxylic acids is 1. The molecule has 0 unspecified atom stereocenters. The molecule has 0 atom stereocenters. The second-order valence-electron chi connectivity index (χ2n) is 3.82. The molecule has 0 bridgehead atoms. The Morgan fingerprint density at radius 3 is 2.59 bits per heavy atom. The summed E-state index contributed by atoms with van der Waals surface area (Å²) in [5.41, 5.74) is 3.11. The number of carbonyl (C=O) groups is 1. The third kappa shape index (κ3) is 2.37. The van der Waals surface area contributed by atoms with E-state index >= 15 is 0 Å². The summed E-state index contributed by atoms with van der Waals surface area (Å²) in [6.07, 6.45) is 0.773. The second-order valence-corrected chi connectivity index (χ2v) is 4.23. The number of benzene rings is 2. The molecule has 3 heteroatoms. The molecule has 0 spiro atoms. The van der Waals surface area contributed by atoms with E-state index in [0.717, 1.165) is 17.4 Å². The number of hydrogen-bond donors (Lipinski definition) is 0. The van der Waals surface area contributed by atoms with E-state index in [2.05, 4.69) is 0 Å². The van der Waals surface area contributed by atoms with Crippen LogP contribution in [0.15, 0.2) is 36.4 Å². The minimum absolute atomic E-state index is 0.0953. The first-order valence-corrected chi connectivity index (χ1v) is 5.51. The highest BCUT2D eigenvalue weighted by atomic mass is 35.5. The van der Waals surface area contributed by atoms with Gasteiger partial charge in [0.2, 0.25) is 0 Å². The lowest BCUT2D eigenvalue weighted by Crippen LogP contribution is -1.88. The van der Waals surface area contributed by atoms with Crippen LogP contribution in [0.3, 0.4) is 0 Å². The lowest BCUT2D eigenvalue weighted by molar-refractivity contribution is 0.112. The van der Waals surface area contributed by atoms with Crippen LogP contribution in [-0.4, -0.2) is 6.29 Å². The quantitative estimate of drug-likeness (QED) is 0.726. The van der Waals surface area contributed by atoms with Crippen LogP contribution < -0.4 is 0 Å². The van der Waals surface area contributed by atoms with Crippen molar-refractivity contribution < 1.29 is 9.18 Å². The van der Waals surface area contributed by atoms with Crippen LogP contribution in [0.4, 0.5) is 4.39 Å². The highest BCUT2D eigenvalue weighted by Crippen LogP contribution is 2.27. The first-order chi connectivity index (χ1) is 8.11. The van der Waals surface area contributed by atoms with Crippen LogP contribution in [0.25, 0.3) is 11.1 Å². The van der Waals surface area contributed by atoms with Crippen LogP contribution in [0, 0.1) is 12.7 Å². The maximum atomic E-state index is 13.4. The molecule has 0 aliphatic rings. The Morgan fingerprint density at radius 1 is 1.18 bits per heavy atom. The van der Waals surface area contributed by atoms with Gasteiger partial charge in [-0.2, -0.15) is 0 Å². The van der Waals surface area contributed by atoms with Crippen molar-refractivity contribution in [2.75, 3.05) is 0 Å². The minimum Gasteiger partial charge on any atom is -0.298 e. The Labute approximate surface area is 104 Å². The normalized spacial score (nSPS) is 10.3. The van der Waals surface area contributed by atoms with E-state index in [1.54, 1.807) is 18.2 Å². The molecule has 0 amide bonds. The number of aryl methyl sites for hydroxylation is 1. The molecule has 0 aromatic heterocycles. The molecule has 2 aromatic carbocycles. The summed E-state index contributed by atoms with van der Waals surface area (Å²) in [4.78, 5) is 10.7. The molecule has 1 nitrogen and oxygen atoms in total. The summed E-state index contributed by atoms with van der Waals surface area (Å²) in [5, 5.41) is 0.0953. The van der Waals surface area contributed by atoms with Gasteiger partial charge in [-0.3, -0.25) is 4.79 Å². The van der Waals surface area contributed by atoms with Crippen molar-refractivity contribution in [2.24, 2.45) is 0 Å². The fraction of sp³-hybridized carbons (Fsp3) is 0.0714. The van der Waals surface area contributed by atoms with Gasteiger partial charge in [0, 0.05) is 5.56 Å². The van der Waals surface area contributed by atoms with Crippen LogP contribution in [-0.2, 0) is 0 Å². The van der Waals surface area contributed by atoms with E-state index in [0.29, 0.717) is 11.1 Å². The summed E-state index contributed by atoms with van der Waals surface area (Å²) >= 11 is 5.64. The Morgan fingerprint density at radius 2 is 1.94 bits per heavy atom. The van der Waals surface area contributed by atoms with Gasteiger partial charge < -0.3 is 0 Å². The lowest BCUT2D eigenvalue weighted by atomic mass is 9.98. The predicted octanol–water partition coefficient (Wildman–Crippen LogP) is 4.27. The lowest BCUT2D eigenvalue weighted by Gasteiger charge is -2.07. The van der Waals surface area contributed by atoms with E-state index in [1.807, 2.05) is 13.0 Å². The standard InChI is InChI=1S/C14H10ClFO/c1-9-2-3-10(8-17)6-12(9)11-4-5-13(15)14(16)7-11/h2-8H,1H3. The zero-order chi connectivity index (χ0) is 12.4. The molecule has 2 rings (SSSR count). The van der Waals surface area contributed by atoms with E-state index in [-0.39, 0.29) is 5.02 Å². The first kappa shape index (κ1) is 11.8. The summed E-state index contributed by atoms with van der Waals surface area (Å²) < 4.78 is 13.4. The van der Waals surface area contributed by atoms with Crippen LogP contribution in [0.2, 0.25) is 5.02 Å². The molecule has 0 fully saturated rings. The number of halogens is 2. The van der Waals surface area contributed by atoms with Crippen molar-refractivity contribution in [3.8, 4) is 11.1 Å². The molecule has 17 heavy (non-hydrogen) atoms. The van der Waals surface area contributed by atoms with Crippen molar-refractivity contribution in [3.63, 3.8) is 0 Å². The Balaban J connectivity index is 2.58. The van der Waals surface area contributed by atoms with E-state index in [1.165, 1.54) is 12.1 Å². The third-order valence-corrected chi connectivity index (χ3v) is 2.93. The van der Waals surface area contributed by atoms with Gasteiger partial charge in [0.25, 0.3) is 0 Å². The van der Waals surface area contributed by atoms with Crippen LogP contribution >= 0.6 is 11.6 Å². The van der Waals surface area contributed by atoms with Gasteiger partial charge in [-0.15, -0.1) is 0 Å². The van der Waals surface area contributed by atoms with Gasteiger partial charge in [0.15, 0.2) is 0 Å². The molecule has 2 aromatic rings. The smallest absolute Gasteiger partial charge is 0.150 e. The Kier molecular flexibility index (Phi) is 3.25. The van der Waals surface area contributed by atoms with Crippen molar-refractivity contribution in [2.45, 2.75) is 6.92 Å². The van der Waals surface area contributed by atoms with Crippen molar-refractivity contribution in [1.29, 1.82) is 0 Å². The van der Waals surface area contributed by atoms with Gasteiger partial charge in [0.05, 0.1) is 5.02 Å². The van der Waals surface area contributed by atoms with Crippen LogP contribution in [0.1, 0.15) is 15.9 Å². The summed E-state index contributed by atoms with van der Waals surface area (Å²) in [5.74, 6) is -0.458. The molecule has 0 radical (unpaired) electrons. The summed E-state index contributed by atoms with van der Waals surface area (Å²) in [6, 6.07) is 9.94. The third-order valence-electron chi connectivity index (χ3n) is 2.63. The SMILES string of the molecule is Cc1ccc(C=O)cc1-c1ccc(Cl)c(F)c1. The largest absolute Gasteiger partial charge is 0.298 e. The highest BCUT2D eigenvalue weighted by Gasteiger charge is 2.06. The number of rotatable bonds is 2. The predicted molar refractivity (Wildman–Crippen MR) is 67.0 cm³/mol. The maximum absolute atomic E-state index is 13.4. The molecule has 86 valence electrons. The van der Waals surface area contributed by atoms with Crippen molar-refractivity contribution in [3.05, 3.63) is 58.4 Å². The molecule has 0 aliphatic heterocycles. The van der Waals surface area contributed by atoms with E-state index < -0.39 is 5.82 Å². The Hall–Kier alpha value is -1.67. The molecular weight excluding hydrogens is 239 g/mol. The summed E-state index contributed by atoms with van der Waals surface area (Å²) in [7, 11) is 0. The molecular formula is C14H10ClFO. The van der Waals surface area contributed by atoms with Crippen LogP contribution in [0.5, 0.6) is 0 Å². The molecule has 0 saturated carbocycles. The van der Waals surface area contributed by atoms with Gasteiger partial charge in [0.1, 0.15) is 12.1 Å². The molecule has 0 N–H and O–H groups in total. The highest BCUT2D eigenvalue weighted by molar-refractivity contribution is 6.30. The number of hydrogen-bond acceptors (Lipinski definition) is 1. The minimum atomic E-state index is -0.458. The summed E-state index contributed by atoms with van der Waals surface area (Å²) in [6.45, 7) is 1.91. The fourth-order valence-electron chi connectivity index (χ4n) is 1.69.